The summed E-state index contributed by atoms with van der Waals surface area (Å²) in [5, 5.41) is 3.69. The molecule has 7 aromatic rings. The lowest BCUT2D eigenvalue weighted by Gasteiger charge is -2.36. The maximum Gasteiger partial charge on any atom is 0.282 e. The van der Waals surface area contributed by atoms with E-state index in [2.05, 4.69) is 231 Å². The van der Waals surface area contributed by atoms with E-state index < -0.39 is 0 Å². The maximum atomic E-state index is 2.58. The third-order valence-corrected chi connectivity index (χ3v) is 14.4. The average Bonchev–Trinajstić information content (AvgIpc) is 3.81. The number of pyridine rings is 1. The Morgan fingerprint density at radius 3 is 1.82 bits per heavy atom. The molecule has 0 aliphatic carbocycles. The quantitative estimate of drug-likeness (QED) is 0.154. The molecule has 1 fully saturated rings. The number of aromatic nitrogens is 1. The van der Waals surface area contributed by atoms with Crippen molar-refractivity contribution in [1.82, 2.24) is 4.90 Å². The summed E-state index contributed by atoms with van der Waals surface area (Å²) in [6.45, 7) is 3.54. The molecule has 298 valence electrons. The Balaban J connectivity index is 0.963. The van der Waals surface area contributed by atoms with Gasteiger partial charge < -0.3 is 19.6 Å². The summed E-state index contributed by atoms with van der Waals surface area (Å²) >= 11 is 3.68. The van der Waals surface area contributed by atoms with Gasteiger partial charge >= 0.3 is 0 Å². The smallest absolute Gasteiger partial charge is 0.282 e. The number of hydrogen-bond donors (Lipinski definition) is 0. The number of fused-ring (bicyclic) bond motifs is 4. The van der Waals surface area contributed by atoms with E-state index in [4.69, 9.17) is 0 Å². The van der Waals surface area contributed by atoms with Crippen molar-refractivity contribution < 1.29 is 4.57 Å². The van der Waals surface area contributed by atoms with Gasteiger partial charge in [0.25, 0.3) is 5.82 Å². The molecule has 8 heteroatoms. The molecule has 11 rings (SSSR count). The Labute approximate surface area is 366 Å². The predicted octanol–water partition coefficient (Wildman–Crippen LogP) is 11.9. The van der Waals surface area contributed by atoms with E-state index in [1.54, 1.807) is 0 Å². The van der Waals surface area contributed by atoms with Crippen LogP contribution in [0.1, 0.15) is 11.1 Å². The monoisotopic (exact) mass is 829 g/mol. The summed E-state index contributed by atoms with van der Waals surface area (Å²) in [5.41, 5.74) is 12.0. The Morgan fingerprint density at radius 2 is 1.13 bits per heavy atom. The molecule has 0 atom stereocenters. The van der Waals surface area contributed by atoms with Crippen molar-refractivity contribution in [2.75, 3.05) is 59.9 Å². The molecule has 1 saturated heterocycles. The summed E-state index contributed by atoms with van der Waals surface area (Å²) in [6, 6.07) is 59.1. The van der Waals surface area contributed by atoms with Crippen molar-refractivity contribution in [1.29, 1.82) is 0 Å². The lowest BCUT2D eigenvalue weighted by atomic mass is 9.96. The van der Waals surface area contributed by atoms with Crippen LogP contribution in [0.15, 0.2) is 208 Å². The second kappa shape index (κ2) is 15.8. The van der Waals surface area contributed by atoms with Gasteiger partial charge in [-0.25, -0.2) is 0 Å². The lowest BCUT2D eigenvalue weighted by molar-refractivity contribution is -0.554. The number of benzene rings is 6. The zero-order valence-electron chi connectivity index (χ0n) is 34.2. The fraction of sp³-hybridized carbons (Fsp3) is 0.113. The molecule has 4 aliphatic heterocycles. The molecule has 0 radical (unpaired) electrons. The zero-order chi connectivity index (χ0) is 40.9. The van der Waals surface area contributed by atoms with Crippen LogP contribution in [-0.4, -0.2) is 45.2 Å². The highest BCUT2D eigenvalue weighted by molar-refractivity contribution is 8.04. The van der Waals surface area contributed by atoms with Crippen LogP contribution in [0, 0.1) is 0 Å². The first kappa shape index (κ1) is 37.4. The first-order valence-electron chi connectivity index (χ1n) is 20.9. The highest BCUT2D eigenvalue weighted by atomic mass is 32.2. The molecule has 0 bridgehead atoms. The topological polar surface area (TPSA) is 20.1 Å². The second-order valence-electron chi connectivity index (χ2n) is 15.7. The van der Waals surface area contributed by atoms with Crippen LogP contribution >= 0.6 is 23.5 Å². The molecule has 6 nitrogen and oxygen atoms in total. The first-order chi connectivity index (χ1) is 30.1. The Hall–Kier alpha value is -6.61. The SMILES string of the molecule is CN1C(=CC2=CC(=CN3CCN(c4cc(C=C5Sc6ccccc6N5C)c5ccccc5[n+]4-c4ccccc4)CC3)N(c3ccccc3)c3ccccc32)Sc2ccccc21. The molecule has 6 aromatic carbocycles. The van der Waals surface area contributed by atoms with Crippen molar-refractivity contribution in [2.24, 2.45) is 0 Å². The summed E-state index contributed by atoms with van der Waals surface area (Å²) in [6.07, 6.45) is 9.53. The molecule has 0 saturated carbocycles. The molecule has 0 spiro atoms. The van der Waals surface area contributed by atoms with Gasteiger partial charge in [-0.2, -0.15) is 4.57 Å². The zero-order valence-corrected chi connectivity index (χ0v) is 35.9. The van der Waals surface area contributed by atoms with E-state index in [-0.39, 0.29) is 0 Å². The van der Waals surface area contributed by atoms with Gasteiger partial charge in [-0.15, -0.1) is 0 Å². The van der Waals surface area contributed by atoms with E-state index in [9.17, 15) is 0 Å². The van der Waals surface area contributed by atoms with Crippen LogP contribution in [0.2, 0.25) is 0 Å². The number of para-hydroxylation sites is 6. The molecule has 0 amide bonds. The van der Waals surface area contributed by atoms with E-state index in [1.165, 1.54) is 70.3 Å². The third kappa shape index (κ3) is 6.86. The van der Waals surface area contributed by atoms with Crippen molar-refractivity contribution in [3.8, 4) is 5.69 Å². The molecule has 61 heavy (non-hydrogen) atoms. The van der Waals surface area contributed by atoms with Gasteiger partial charge in [0.15, 0.2) is 0 Å². The standard InChI is InChI=1S/C53H45N6S2/c1-54-47-25-13-15-27-49(47)60-52(54)35-38-33-42(58(40-17-5-3-6-18-40)45-23-11-9-21-43(38)45)37-56-29-31-57(32-30-56)51-34-39(36-53-55(2)48-26-14-16-28-50(48)61-53)44-22-10-12-24-46(44)59(51)41-19-7-4-8-20-41/h3-28,33-37H,29-32H2,1-2H3/q+1. The number of thioether (sulfide) groups is 2. The van der Waals surface area contributed by atoms with Gasteiger partial charge in [0.05, 0.1) is 45.9 Å². The van der Waals surface area contributed by atoms with Crippen LogP contribution in [0.25, 0.3) is 28.2 Å². The van der Waals surface area contributed by atoms with Crippen LogP contribution in [0.5, 0.6) is 0 Å². The van der Waals surface area contributed by atoms with Gasteiger partial charge in [0.1, 0.15) is 24.3 Å². The number of allylic oxidation sites excluding steroid dienone is 3. The largest absolute Gasteiger partial charge is 0.368 e. The molecule has 1 aromatic heterocycles. The minimum Gasteiger partial charge on any atom is -0.368 e. The molecular weight excluding hydrogens is 785 g/mol. The van der Waals surface area contributed by atoms with Crippen molar-refractivity contribution >= 4 is 74.6 Å². The van der Waals surface area contributed by atoms with Gasteiger partial charge in [0.2, 0.25) is 0 Å². The van der Waals surface area contributed by atoms with Gasteiger partial charge in [-0.3, -0.25) is 4.90 Å². The second-order valence-corrected chi connectivity index (χ2v) is 17.9. The van der Waals surface area contributed by atoms with Crippen molar-refractivity contribution in [2.45, 2.75) is 9.79 Å². The summed E-state index contributed by atoms with van der Waals surface area (Å²) in [4.78, 5) is 14.7. The number of hydrogen-bond acceptors (Lipinski definition) is 7. The minimum atomic E-state index is 0.882. The van der Waals surface area contributed by atoms with Crippen LogP contribution in [0.4, 0.5) is 28.6 Å². The molecule has 5 heterocycles. The van der Waals surface area contributed by atoms with E-state index in [1.807, 2.05) is 23.5 Å². The number of rotatable bonds is 6. The Bertz CT molecular complexity index is 2930. The predicted molar refractivity (Wildman–Crippen MR) is 258 cm³/mol. The molecule has 0 unspecified atom stereocenters. The highest BCUT2D eigenvalue weighted by Gasteiger charge is 2.31. The fourth-order valence-electron chi connectivity index (χ4n) is 8.98. The Kier molecular flexibility index (Phi) is 9.67. The highest BCUT2D eigenvalue weighted by Crippen LogP contribution is 2.49. The molecule has 4 aliphatic rings. The van der Waals surface area contributed by atoms with Gasteiger partial charge in [0, 0.05) is 52.8 Å². The van der Waals surface area contributed by atoms with Crippen molar-refractivity contribution in [3.05, 3.63) is 209 Å². The van der Waals surface area contributed by atoms with Crippen LogP contribution in [0.3, 0.4) is 0 Å². The fourth-order valence-corrected chi connectivity index (χ4v) is 11.2. The van der Waals surface area contributed by atoms with E-state index >= 15 is 0 Å². The summed E-state index contributed by atoms with van der Waals surface area (Å²) in [5.74, 6) is 1.21. The lowest BCUT2D eigenvalue weighted by Crippen LogP contribution is -2.50. The van der Waals surface area contributed by atoms with Crippen LogP contribution in [-0.2, 0) is 0 Å². The minimum absolute atomic E-state index is 0.882. The van der Waals surface area contributed by atoms with E-state index in [0.717, 1.165) is 43.3 Å². The number of nitrogens with zero attached hydrogens (tertiary/aromatic N) is 6. The first-order valence-corrected chi connectivity index (χ1v) is 22.6. The van der Waals surface area contributed by atoms with Gasteiger partial charge in [-0.1, -0.05) is 121 Å². The Morgan fingerprint density at radius 1 is 0.557 bits per heavy atom. The number of anilines is 5. The van der Waals surface area contributed by atoms with Crippen LogP contribution < -0.4 is 24.2 Å². The normalized spacial score (nSPS) is 18.0. The summed E-state index contributed by atoms with van der Waals surface area (Å²) in [7, 11) is 4.35. The average molecular weight is 830 g/mol. The molecule has 0 N–H and O–H groups in total. The number of piperazine rings is 1. The van der Waals surface area contributed by atoms with Crippen molar-refractivity contribution in [3.63, 3.8) is 0 Å². The summed E-state index contributed by atoms with van der Waals surface area (Å²) < 4.78 is 2.46. The third-order valence-electron chi connectivity index (χ3n) is 12.1. The van der Waals surface area contributed by atoms with E-state index in [0.29, 0.717) is 0 Å². The maximum absolute atomic E-state index is 2.58. The van der Waals surface area contributed by atoms with Gasteiger partial charge in [-0.05, 0) is 90.0 Å². The molecular formula is C53H45N6S2+.